The third kappa shape index (κ3) is 4.28. The number of anilines is 3. The second-order valence-corrected chi connectivity index (χ2v) is 8.52. The maximum absolute atomic E-state index is 12.9. The van der Waals surface area contributed by atoms with Gasteiger partial charge in [-0.05, 0) is 42.5 Å². The molecule has 29 heavy (non-hydrogen) atoms. The first-order chi connectivity index (χ1) is 14.0. The van der Waals surface area contributed by atoms with Crippen LogP contribution in [0, 0.1) is 0 Å². The van der Waals surface area contributed by atoms with Crippen LogP contribution in [0.5, 0.6) is 0 Å². The Hall–Kier alpha value is -3.23. The lowest BCUT2D eigenvalue weighted by Crippen LogP contribution is -2.16. The van der Waals surface area contributed by atoms with Crippen LogP contribution in [0.2, 0.25) is 5.02 Å². The fraction of sp³-hybridized carbons (Fsp3) is 0.0500. The van der Waals surface area contributed by atoms with E-state index in [0.717, 1.165) is 5.69 Å². The number of aromatic nitrogens is 3. The molecule has 0 aliphatic heterocycles. The smallest absolute Gasteiger partial charge is 0.267 e. The number of hydrogen-bond donors (Lipinski definition) is 3. The van der Waals surface area contributed by atoms with E-state index < -0.39 is 10.0 Å². The summed E-state index contributed by atoms with van der Waals surface area (Å²) in [7, 11) is -3.65. The van der Waals surface area contributed by atoms with E-state index in [1.165, 1.54) is 10.2 Å². The van der Waals surface area contributed by atoms with Crippen LogP contribution >= 0.6 is 11.6 Å². The first-order valence-corrected chi connectivity index (χ1v) is 10.6. The molecule has 0 spiro atoms. The standard InChI is InChI=1S/C20H18ClN5O2S/c21-15-6-4-7-16(12-15)23-20-13-19(24-25-20)22-14-17-8-5-11-26(17)29(27,28)18-9-2-1-3-10-18/h1-13H,14H2,(H3,22,23,24,25). The normalized spacial score (nSPS) is 11.3. The van der Waals surface area contributed by atoms with E-state index in [2.05, 4.69) is 20.8 Å². The van der Waals surface area contributed by atoms with E-state index >= 15 is 0 Å². The third-order valence-corrected chi connectivity index (χ3v) is 6.20. The van der Waals surface area contributed by atoms with Crippen molar-refractivity contribution >= 4 is 38.9 Å². The van der Waals surface area contributed by atoms with E-state index in [4.69, 9.17) is 11.6 Å². The number of rotatable bonds is 7. The fourth-order valence-electron chi connectivity index (χ4n) is 2.86. The Morgan fingerprint density at radius 1 is 1.00 bits per heavy atom. The summed E-state index contributed by atoms with van der Waals surface area (Å²) in [5, 5.41) is 14.0. The van der Waals surface area contributed by atoms with E-state index in [1.807, 2.05) is 12.1 Å². The van der Waals surface area contributed by atoms with Crippen molar-refractivity contribution < 1.29 is 8.42 Å². The molecule has 2 aromatic carbocycles. The van der Waals surface area contributed by atoms with Crippen molar-refractivity contribution in [3.8, 4) is 0 Å². The summed E-state index contributed by atoms with van der Waals surface area (Å²) in [6.07, 6.45) is 1.54. The van der Waals surface area contributed by atoms with E-state index in [-0.39, 0.29) is 4.90 Å². The molecule has 0 saturated carbocycles. The summed E-state index contributed by atoms with van der Waals surface area (Å²) in [6.45, 7) is 0.292. The minimum Gasteiger partial charge on any atom is -0.363 e. The van der Waals surface area contributed by atoms with Gasteiger partial charge in [0, 0.05) is 23.0 Å². The molecule has 0 radical (unpaired) electrons. The van der Waals surface area contributed by atoms with Gasteiger partial charge >= 0.3 is 0 Å². The second-order valence-electron chi connectivity index (χ2n) is 6.27. The minimum absolute atomic E-state index is 0.241. The summed E-state index contributed by atoms with van der Waals surface area (Å²) < 4.78 is 27.0. The number of benzene rings is 2. The lowest BCUT2D eigenvalue weighted by atomic mass is 10.3. The van der Waals surface area contributed by atoms with Crippen LogP contribution in [0.25, 0.3) is 0 Å². The zero-order valence-corrected chi connectivity index (χ0v) is 16.8. The highest BCUT2D eigenvalue weighted by molar-refractivity contribution is 7.90. The molecule has 4 aromatic rings. The van der Waals surface area contributed by atoms with Gasteiger partial charge in [0.15, 0.2) is 0 Å². The van der Waals surface area contributed by atoms with E-state index in [1.54, 1.807) is 60.7 Å². The van der Waals surface area contributed by atoms with Crippen molar-refractivity contribution in [2.75, 3.05) is 10.6 Å². The van der Waals surface area contributed by atoms with Crippen LogP contribution in [0.1, 0.15) is 5.69 Å². The number of halogens is 1. The van der Waals surface area contributed by atoms with Gasteiger partial charge in [-0.2, -0.15) is 5.10 Å². The number of hydrogen-bond acceptors (Lipinski definition) is 5. The maximum atomic E-state index is 12.9. The summed E-state index contributed by atoms with van der Waals surface area (Å²) in [5.74, 6) is 1.27. The Bertz CT molecular complexity index is 1220. The van der Waals surface area contributed by atoms with Gasteiger partial charge in [-0.1, -0.05) is 35.9 Å². The van der Waals surface area contributed by atoms with Gasteiger partial charge in [-0.3, -0.25) is 5.10 Å². The molecular formula is C20H18ClN5O2S. The first kappa shape index (κ1) is 19.1. The van der Waals surface area contributed by atoms with Gasteiger partial charge in [0.05, 0.1) is 17.1 Å². The van der Waals surface area contributed by atoms with Crippen molar-refractivity contribution in [1.29, 1.82) is 0 Å². The molecule has 2 heterocycles. The minimum atomic E-state index is -3.65. The second kappa shape index (κ2) is 8.02. The van der Waals surface area contributed by atoms with Crippen molar-refractivity contribution in [3.05, 3.63) is 89.7 Å². The predicted octanol–water partition coefficient (Wildman–Crippen LogP) is 4.46. The van der Waals surface area contributed by atoms with Gasteiger partial charge in [-0.15, -0.1) is 0 Å². The Morgan fingerprint density at radius 2 is 1.83 bits per heavy atom. The molecule has 0 unspecified atom stereocenters. The van der Waals surface area contributed by atoms with Gasteiger partial charge in [-0.25, -0.2) is 12.4 Å². The number of H-pyrrole nitrogens is 1. The van der Waals surface area contributed by atoms with Gasteiger partial charge in [0.1, 0.15) is 11.6 Å². The molecule has 7 nitrogen and oxygen atoms in total. The molecule has 0 aliphatic carbocycles. The largest absolute Gasteiger partial charge is 0.363 e. The molecule has 9 heteroatoms. The zero-order chi connectivity index (χ0) is 20.3. The molecule has 0 saturated heterocycles. The Labute approximate surface area is 173 Å². The average Bonchev–Trinajstić information content (AvgIpc) is 3.37. The van der Waals surface area contributed by atoms with Crippen LogP contribution in [0.3, 0.4) is 0 Å². The van der Waals surface area contributed by atoms with Crippen molar-refractivity contribution in [2.45, 2.75) is 11.4 Å². The molecule has 0 atom stereocenters. The molecule has 4 rings (SSSR count). The predicted molar refractivity (Wildman–Crippen MR) is 114 cm³/mol. The molecular weight excluding hydrogens is 410 g/mol. The molecule has 0 bridgehead atoms. The first-order valence-electron chi connectivity index (χ1n) is 8.81. The summed E-state index contributed by atoms with van der Waals surface area (Å²) in [4.78, 5) is 0.241. The van der Waals surface area contributed by atoms with Crippen molar-refractivity contribution in [3.63, 3.8) is 0 Å². The molecule has 2 aromatic heterocycles. The molecule has 0 aliphatic rings. The van der Waals surface area contributed by atoms with E-state index in [0.29, 0.717) is 28.9 Å². The highest BCUT2D eigenvalue weighted by Gasteiger charge is 2.18. The Balaban J connectivity index is 1.46. The van der Waals surface area contributed by atoms with Crippen LogP contribution < -0.4 is 10.6 Å². The maximum Gasteiger partial charge on any atom is 0.267 e. The zero-order valence-electron chi connectivity index (χ0n) is 15.2. The Morgan fingerprint density at radius 3 is 2.62 bits per heavy atom. The lowest BCUT2D eigenvalue weighted by molar-refractivity contribution is 0.585. The number of aromatic amines is 1. The SMILES string of the molecule is O=S(=O)(c1ccccc1)n1cccc1CNc1cc(Nc2cccc(Cl)c2)[nH]n1. The van der Waals surface area contributed by atoms with Gasteiger partial charge in [0.2, 0.25) is 0 Å². The summed E-state index contributed by atoms with van der Waals surface area (Å²) >= 11 is 5.99. The highest BCUT2D eigenvalue weighted by atomic mass is 35.5. The van der Waals surface area contributed by atoms with Crippen LogP contribution in [-0.2, 0) is 16.6 Å². The summed E-state index contributed by atoms with van der Waals surface area (Å²) in [6, 6.07) is 20.9. The number of nitrogens with one attached hydrogen (secondary N) is 3. The number of nitrogens with zero attached hydrogens (tertiary/aromatic N) is 2. The Kier molecular flexibility index (Phi) is 5.28. The molecule has 0 amide bonds. The third-order valence-electron chi connectivity index (χ3n) is 4.23. The molecule has 3 N–H and O–H groups in total. The fourth-order valence-corrected chi connectivity index (χ4v) is 4.44. The summed E-state index contributed by atoms with van der Waals surface area (Å²) in [5.41, 5.74) is 1.43. The van der Waals surface area contributed by atoms with Crippen molar-refractivity contribution in [2.24, 2.45) is 0 Å². The van der Waals surface area contributed by atoms with Gasteiger partial charge in [0.25, 0.3) is 10.0 Å². The molecule has 0 fully saturated rings. The lowest BCUT2D eigenvalue weighted by Gasteiger charge is -2.11. The van der Waals surface area contributed by atoms with Gasteiger partial charge < -0.3 is 10.6 Å². The van der Waals surface area contributed by atoms with Crippen LogP contribution in [0.15, 0.2) is 83.9 Å². The van der Waals surface area contributed by atoms with Crippen LogP contribution in [0.4, 0.5) is 17.3 Å². The van der Waals surface area contributed by atoms with Crippen molar-refractivity contribution in [1.82, 2.24) is 14.2 Å². The van der Waals surface area contributed by atoms with Crippen LogP contribution in [-0.4, -0.2) is 22.6 Å². The monoisotopic (exact) mass is 427 g/mol. The topological polar surface area (TPSA) is 91.8 Å². The molecule has 148 valence electrons. The van der Waals surface area contributed by atoms with E-state index in [9.17, 15) is 8.42 Å². The highest BCUT2D eigenvalue weighted by Crippen LogP contribution is 2.21. The average molecular weight is 428 g/mol. The quantitative estimate of drug-likeness (QED) is 0.405.